The zero-order valence-electron chi connectivity index (χ0n) is 13.0. The van der Waals surface area contributed by atoms with E-state index in [0.29, 0.717) is 11.7 Å². The maximum atomic E-state index is 12.6. The molecule has 0 spiro atoms. The van der Waals surface area contributed by atoms with Crippen molar-refractivity contribution in [2.45, 2.75) is 33.2 Å². The van der Waals surface area contributed by atoms with Gasteiger partial charge in [-0.1, -0.05) is 0 Å². The lowest BCUT2D eigenvalue weighted by atomic mass is 10.2. The Hall–Kier alpha value is -2.11. The van der Waals surface area contributed by atoms with Crippen LogP contribution in [0.25, 0.3) is 0 Å². The Morgan fingerprint density at radius 1 is 1.33 bits per heavy atom. The second kappa shape index (κ2) is 5.02. The first-order valence-corrected chi connectivity index (χ1v) is 7.27. The number of imidazole rings is 1. The summed E-state index contributed by atoms with van der Waals surface area (Å²) in [6.45, 7) is 7.50. The molecular formula is C15H21N5O. The monoisotopic (exact) mass is 287 g/mol. The summed E-state index contributed by atoms with van der Waals surface area (Å²) >= 11 is 0. The Morgan fingerprint density at radius 2 is 2.10 bits per heavy atom. The van der Waals surface area contributed by atoms with Crippen LogP contribution in [0.15, 0.2) is 12.3 Å². The van der Waals surface area contributed by atoms with E-state index >= 15 is 0 Å². The number of carbonyl (C=O) groups is 1. The molecule has 112 valence electrons. The fraction of sp³-hybridized carbons (Fsp3) is 0.533. The van der Waals surface area contributed by atoms with Crippen LogP contribution in [0.2, 0.25) is 0 Å². The molecule has 0 N–H and O–H groups in total. The predicted molar refractivity (Wildman–Crippen MR) is 79.2 cm³/mol. The number of hydrogen-bond acceptors (Lipinski definition) is 3. The van der Waals surface area contributed by atoms with E-state index in [2.05, 4.69) is 21.6 Å². The van der Waals surface area contributed by atoms with Crippen molar-refractivity contribution in [3.05, 3.63) is 35.2 Å². The average Bonchev–Trinajstić information content (AvgIpc) is 3.10. The second-order valence-electron chi connectivity index (χ2n) is 5.81. The summed E-state index contributed by atoms with van der Waals surface area (Å²) in [4.78, 5) is 18.9. The Bertz CT molecular complexity index is 665. The summed E-state index contributed by atoms with van der Waals surface area (Å²) in [5, 5.41) is 4.25. The minimum absolute atomic E-state index is 0.0658. The van der Waals surface area contributed by atoms with Crippen molar-refractivity contribution in [1.82, 2.24) is 24.2 Å². The van der Waals surface area contributed by atoms with Crippen molar-refractivity contribution in [3.8, 4) is 0 Å². The molecule has 1 unspecified atom stereocenters. The van der Waals surface area contributed by atoms with Gasteiger partial charge >= 0.3 is 0 Å². The van der Waals surface area contributed by atoms with Crippen LogP contribution >= 0.6 is 0 Å². The van der Waals surface area contributed by atoms with Crippen LogP contribution in [0, 0.1) is 20.8 Å². The summed E-state index contributed by atoms with van der Waals surface area (Å²) in [6, 6.07) is 2.18. The molecule has 3 heterocycles. The summed E-state index contributed by atoms with van der Waals surface area (Å²) in [5.41, 5.74) is 2.69. The van der Waals surface area contributed by atoms with Gasteiger partial charge in [0.25, 0.3) is 5.91 Å². The van der Waals surface area contributed by atoms with E-state index in [9.17, 15) is 4.79 Å². The Labute approximate surface area is 124 Å². The smallest absolute Gasteiger partial charge is 0.272 e. The molecule has 2 aromatic heterocycles. The minimum atomic E-state index is 0.0658. The van der Waals surface area contributed by atoms with Gasteiger partial charge in [0.1, 0.15) is 11.5 Å². The van der Waals surface area contributed by atoms with Crippen LogP contribution in [-0.4, -0.2) is 43.2 Å². The van der Waals surface area contributed by atoms with E-state index < -0.39 is 0 Å². The fourth-order valence-electron chi connectivity index (χ4n) is 3.23. The van der Waals surface area contributed by atoms with Crippen molar-refractivity contribution in [2.75, 3.05) is 13.1 Å². The third-order valence-corrected chi connectivity index (χ3v) is 4.20. The van der Waals surface area contributed by atoms with Crippen molar-refractivity contribution in [2.24, 2.45) is 7.05 Å². The zero-order chi connectivity index (χ0) is 15.1. The van der Waals surface area contributed by atoms with Gasteiger partial charge in [-0.05, 0) is 33.3 Å². The number of carbonyl (C=O) groups excluding carboxylic acids is 1. The van der Waals surface area contributed by atoms with Gasteiger partial charge in [0.05, 0.1) is 11.7 Å². The first-order chi connectivity index (χ1) is 9.97. The number of aryl methyl sites for hydroxylation is 4. The maximum absolute atomic E-state index is 12.6. The Balaban J connectivity index is 1.78. The van der Waals surface area contributed by atoms with E-state index in [1.807, 2.05) is 38.1 Å². The molecule has 6 heteroatoms. The summed E-state index contributed by atoms with van der Waals surface area (Å²) < 4.78 is 3.90. The number of nitrogens with zero attached hydrogens (tertiary/aromatic N) is 5. The summed E-state index contributed by atoms with van der Waals surface area (Å²) in [5.74, 6) is 1.08. The van der Waals surface area contributed by atoms with Crippen LogP contribution < -0.4 is 0 Å². The molecule has 1 amide bonds. The molecule has 1 fully saturated rings. The van der Waals surface area contributed by atoms with Gasteiger partial charge in [0.15, 0.2) is 0 Å². The summed E-state index contributed by atoms with van der Waals surface area (Å²) in [6.07, 6.45) is 2.87. The SMILES string of the molecule is Cc1cc(C(=O)N2CCC(n3c(C)cnc3C)C2)n(C)n1. The number of hydrogen-bond donors (Lipinski definition) is 0. The van der Waals surface area contributed by atoms with Gasteiger partial charge in [-0.2, -0.15) is 5.10 Å². The van der Waals surface area contributed by atoms with E-state index in [1.165, 1.54) is 0 Å². The largest absolute Gasteiger partial charge is 0.335 e. The lowest BCUT2D eigenvalue weighted by Gasteiger charge is -2.18. The van der Waals surface area contributed by atoms with E-state index in [1.54, 1.807) is 4.68 Å². The molecule has 1 saturated heterocycles. The summed E-state index contributed by atoms with van der Waals surface area (Å²) in [7, 11) is 1.82. The Morgan fingerprint density at radius 3 is 2.67 bits per heavy atom. The van der Waals surface area contributed by atoms with Crippen molar-refractivity contribution in [1.29, 1.82) is 0 Å². The number of likely N-dealkylation sites (tertiary alicyclic amines) is 1. The lowest BCUT2D eigenvalue weighted by molar-refractivity contribution is 0.0776. The second-order valence-corrected chi connectivity index (χ2v) is 5.81. The molecule has 0 saturated carbocycles. The number of rotatable bonds is 2. The van der Waals surface area contributed by atoms with E-state index in [4.69, 9.17) is 0 Å². The molecule has 0 bridgehead atoms. The molecule has 1 atom stereocenters. The molecule has 0 aliphatic carbocycles. The van der Waals surface area contributed by atoms with Gasteiger partial charge in [-0.3, -0.25) is 9.48 Å². The third-order valence-electron chi connectivity index (χ3n) is 4.20. The van der Waals surface area contributed by atoms with Gasteiger partial charge < -0.3 is 9.47 Å². The highest BCUT2D eigenvalue weighted by atomic mass is 16.2. The van der Waals surface area contributed by atoms with E-state index in [-0.39, 0.29) is 5.91 Å². The predicted octanol–water partition coefficient (Wildman–Crippen LogP) is 1.63. The highest BCUT2D eigenvalue weighted by Gasteiger charge is 2.30. The maximum Gasteiger partial charge on any atom is 0.272 e. The average molecular weight is 287 g/mol. The lowest BCUT2D eigenvalue weighted by Crippen LogP contribution is -2.30. The van der Waals surface area contributed by atoms with Crippen molar-refractivity contribution in [3.63, 3.8) is 0 Å². The molecular weight excluding hydrogens is 266 g/mol. The highest BCUT2D eigenvalue weighted by molar-refractivity contribution is 5.92. The number of amides is 1. The van der Waals surface area contributed by atoms with Gasteiger partial charge in [-0.15, -0.1) is 0 Å². The fourth-order valence-corrected chi connectivity index (χ4v) is 3.23. The van der Waals surface area contributed by atoms with Crippen LogP contribution in [-0.2, 0) is 7.05 Å². The van der Waals surface area contributed by atoms with Gasteiger partial charge in [0, 0.05) is 32.0 Å². The first-order valence-electron chi connectivity index (χ1n) is 7.27. The Kier molecular flexibility index (Phi) is 3.31. The highest BCUT2D eigenvalue weighted by Crippen LogP contribution is 2.25. The molecule has 6 nitrogen and oxygen atoms in total. The topological polar surface area (TPSA) is 56.0 Å². The third kappa shape index (κ3) is 2.34. The van der Waals surface area contributed by atoms with Crippen LogP contribution in [0.1, 0.15) is 40.2 Å². The van der Waals surface area contributed by atoms with Crippen LogP contribution in [0.3, 0.4) is 0 Å². The first kappa shape index (κ1) is 13.9. The molecule has 1 aliphatic heterocycles. The standard InChI is InChI=1S/C15H21N5O/c1-10-7-14(18(4)17-10)15(21)19-6-5-13(9-19)20-11(2)8-16-12(20)3/h7-8,13H,5-6,9H2,1-4H3. The van der Waals surface area contributed by atoms with E-state index in [0.717, 1.165) is 36.7 Å². The normalized spacial score (nSPS) is 18.5. The quantitative estimate of drug-likeness (QED) is 0.843. The van der Waals surface area contributed by atoms with Gasteiger partial charge in [0.2, 0.25) is 0 Å². The molecule has 21 heavy (non-hydrogen) atoms. The molecule has 1 aliphatic rings. The van der Waals surface area contributed by atoms with Crippen molar-refractivity contribution >= 4 is 5.91 Å². The van der Waals surface area contributed by atoms with Crippen molar-refractivity contribution < 1.29 is 4.79 Å². The molecule has 0 aromatic carbocycles. The number of aromatic nitrogens is 4. The zero-order valence-corrected chi connectivity index (χ0v) is 13.0. The van der Waals surface area contributed by atoms with Crippen LogP contribution in [0.4, 0.5) is 0 Å². The molecule has 2 aromatic rings. The minimum Gasteiger partial charge on any atom is -0.335 e. The van der Waals surface area contributed by atoms with Crippen LogP contribution in [0.5, 0.6) is 0 Å². The molecule has 0 radical (unpaired) electrons. The van der Waals surface area contributed by atoms with Gasteiger partial charge in [-0.25, -0.2) is 4.98 Å². The molecule has 3 rings (SSSR count).